The van der Waals surface area contributed by atoms with Crippen LogP contribution in [0.3, 0.4) is 0 Å². The number of hydrogen-bond donors (Lipinski definition) is 2. The van der Waals surface area contributed by atoms with E-state index < -0.39 is 10.0 Å². The molecule has 4 nitrogen and oxygen atoms in total. The molecule has 3 N–H and O–H groups in total. The Kier molecular flexibility index (Phi) is 4.24. The van der Waals surface area contributed by atoms with E-state index in [4.69, 9.17) is 5.73 Å². The van der Waals surface area contributed by atoms with Gasteiger partial charge in [0.25, 0.3) is 10.0 Å². The minimum absolute atomic E-state index is 0.316. The van der Waals surface area contributed by atoms with E-state index in [1.165, 1.54) is 11.3 Å². The van der Waals surface area contributed by atoms with Gasteiger partial charge in [0.05, 0.1) is 0 Å². The molecule has 102 valence electrons. The fourth-order valence-electron chi connectivity index (χ4n) is 1.61. The van der Waals surface area contributed by atoms with Crippen molar-refractivity contribution in [2.75, 3.05) is 11.3 Å². The molecule has 0 spiro atoms. The molecule has 1 heterocycles. The van der Waals surface area contributed by atoms with E-state index in [9.17, 15) is 8.42 Å². The van der Waals surface area contributed by atoms with Crippen LogP contribution in [0.4, 0.5) is 5.69 Å². The monoisotopic (exact) mass is 296 g/mol. The van der Waals surface area contributed by atoms with Crippen LogP contribution in [-0.2, 0) is 16.4 Å². The summed E-state index contributed by atoms with van der Waals surface area (Å²) >= 11 is 1.26. The zero-order valence-electron chi connectivity index (χ0n) is 10.6. The molecule has 0 unspecified atom stereocenters. The molecule has 0 fully saturated rings. The first-order chi connectivity index (χ1) is 9.01. The third kappa shape index (κ3) is 3.56. The molecule has 0 bridgehead atoms. The van der Waals surface area contributed by atoms with Gasteiger partial charge in [-0.25, -0.2) is 8.42 Å². The Hall–Kier alpha value is -1.37. The normalized spacial score (nSPS) is 11.5. The van der Waals surface area contributed by atoms with E-state index >= 15 is 0 Å². The molecule has 6 heteroatoms. The Bertz CT molecular complexity index is 646. The third-order valence-electron chi connectivity index (χ3n) is 2.60. The van der Waals surface area contributed by atoms with E-state index in [-0.39, 0.29) is 0 Å². The molecule has 0 aliphatic carbocycles. The molecule has 2 rings (SSSR count). The number of aryl methyl sites for hydroxylation is 1. The van der Waals surface area contributed by atoms with Crippen LogP contribution in [0.25, 0.3) is 0 Å². The topological polar surface area (TPSA) is 72.2 Å². The first-order valence-electron chi connectivity index (χ1n) is 5.89. The lowest BCUT2D eigenvalue weighted by Gasteiger charge is -2.06. The lowest BCUT2D eigenvalue weighted by molar-refractivity contribution is 0.603. The van der Waals surface area contributed by atoms with E-state index in [0.29, 0.717) is 22.9 Å². The SMILES string of the molecule is Cc1ccc(NS(=O)(=O)c2ccc(CCN)s2)cc1. The summed E-state index contributed by atoms with van der Waals surface area (Å²) in [4.78, 5) is 0.979. The predicted octanol–water partition coefficient (Wildman–Crippen LogP) is 2.36. The highest BCUT2D eigenvalue weighted by atomic mass is 32.2. The van der Waals surface area contributed by atoms with Gasteiger partial charge in [0, 0.05) is 10.6 Å². The van der Waals surface area contributed by atoms with Crippen molar-refractivity contribution < 1.29 is 8.42 Å². The number of anilines is 1. The summed E-state index contributed by atoms with van der Waals surface area (Å²) < 4.78 is 27.2. The average Bonchev–Trinajstić information content (AvgIpc) is 2.82. The van der Waals surface area contributed by atoms with Crippen LogP contribution in [0.15, 0.2) is 40.6 Å². The number of benzene rings is 1. The summed E-state index contributed by atoms with van der Waals surface area (Å²) in [7, 11) is -3.50. The van der Waals surface area contributed by atoms with Gasteiger partial charge in [-0.1, -0.05) is 17.7 Å². The van der Waals surface area contributed by atoms with Crippen molar-refractivity contribution in [3.8, 4) is 0 Å². The Balaban J connectivity index is 2.19. The molecule has 0 aliphatic heterocycles. The van der Waals surface area contributed by atoms with Crippen LogP contribution in [-0.4, -0.2) is 15.0 Å². The number of hydrogen-bond acceptors (Lipinski definition) is 4. The Morgan fingerprint density at radius 3 is 2.47 bits per heavy atom. The second-order valence-electron chi connectivity index (χ2n) is 4.23. The molecule has 1 aromatic heterocycles. The van der Waals surface area contributed by atoms with E-state index in [2.05, 4.69) is 4.72 Å². The Morgan fingerprint density at radius 2 is 1.84 bits per heavy atom. The second-order valence-corrected chi connectivity index (χ2v) is 7.31. The maximum Gasteiger partial charge on any atom is 0.271 e. The summed E-state index contributed by atoms with van der Waals surface area (Å²) in [5, 5.41) is 0. The van der Waals surface area contributed by atoms with Gasteiger partial charge >= 0.3 is 0 Å². The summed E-state index contributed by atoms with van der Waals surface area (Å²) in [6.45, 7) is 2.47. The average molecular weight is 296 g/mol. The molecular weight excluding hydrogens is 280 g/mol. The van der Waals surface area contributed by atoms with Crippen LogP contribution in [0.2, 0.25) is 0 Å². The Morgan fingerprint density at radius 1 is 1.16 bits per heavy atom. The zero-order valence-corrected chi connectivity index (χ0v) is 12.2. The molecule has 1 aromatic carbocycles. The number of rotatable bonds is 5. The number of nitrogens with one attached hydrogen (secondary N) is 1. The van der Waals surface area contributed by atoms with E-state index in [0.717, 1.165) is 10.4 Å². The predicted molar refractivity (Wildman–Crippen MR) is 79.1 cm³/mol. The minimum atomic E-state index is -3.50. The van der Waals surface area contributed by atoms with Crippen molar-refractivity contribution >= 4 is 27.0 Å². The summed E-state index contributed by atoms with van der Waals surface area (Å²) in [6, 6.07) is 10.7. The Labute approximate surface area is 117 Å². The molecule has 0 atom stereocenters. The quantitative estimate of drug-likeness (QED) is 0.889. The van der Waals surface area contributed by atoms with Crippen molar-refractivity contribution in [3.63, 3.8) is 0 Å². The highest BCUT2D eigenvalue weighted by Gasteiger charge is 2.16. The van der Waals surface area contributed by atoms with Gasteiger partial charge in [0.2, 0.25) is 0 Å². The highest BCUT2D eigenvalue weighted by molar-refractivity contribution is 7.94. The van der Waals surface area contributed by atoms with Gasteiger partial charge in [-0.15, -0.1) is 11.3 Å². The fourth-order valence-corrected chi connectivity index (χ4v) is 4.04. The third-order valence-corrected chi connectivity index (χ3v) is 5.61. The number of sulfonamides is 1. The van der Waals surface area contributed by atoms with Gasteiger partial charge in [0.1, 0.15) is 4.21 Å². The first kappa shape index (κ1) is 14.0. The van der Waals surface area contributed by atoms with Crippen LogP contribution in [0.1, 0.15) is 10.4 Å². The molecule has 0 amide bonds. The standard InChI is InChI=1S/C13H16N2O2S2/c1-10-2-4-11(5-3-10)15-19(16,17)13-7-6-12(18-13)8-9-14/h2-7,15H,8-9,14H2,1H3. The molecule has 0 aliphatic rings. The molecule has 19 heavy (non-hydrogen) atoms. The lowest BCUT2D eigenvalue weighted by Crippen LogP contribution is -2.11. The van der Waals surface area contributed by atoms with Crippen molar-refractivity contribution in [2.45, 2.75) is 17.6 Å². The first-order valence-corrected chi connectivity index (χ1v) is 8.19. The van der Waals surface area contributed by atoms with Crippen LogP contribution < -0.4 is 10.5 Å². The molecule has 0 radical (unpaired) electrons. The number of nitrogens with two attached hydrogens (primary N) is 1. The van der Waals surface area contributed by atoms with Gasteiger partial charge in [0.15, 0.2) is 0 Å². The molecule has 2 aromatic rings. The second kappa shape index (κ2) is 5.73. The van der Waals surface area contributed by atoms with Crippen molar-refractivity contribution in [1.29, 1.82) is 0 Å². The van der Waals surface area contributed by atoms with E-state index in [1.807, 2.05) is 19.1 Å². The zero-order chi connectivity index (χ0) is 13.9. The van der Waals surface area contributed by atoms with Crippen LogP contribution >= 0.6 is 11.3 Å². The maximum absolute atomic E-state index is 12.2. The van der Waals surface area contributed by atoms with Crippen molar-refractivity contribution in [1.82, 2.24) is 0 Å². The van der Waals surface area contributed by atoms with Gasteiger partial charge in [-0.2, -0.15) is 0 Å². The van der Waals surface area contributed by atoms with E-state index in [1.54, 1.807) is 24.3 Å². The summed E-state index contributed by atoms with van der Waals surface area (Å²) in [5.41, 5.74) is 7.11. The van der Waals surface area contributed by atoms with Crippen molar-refractivity contribution in [2.24, 2.45) is 5.73 Å². The van der Waals surface area contributed by atoms with Gasteiger partial charge in [-0.3, -0.25) is 4.72 Å². The molecular formula is C13H16N2O2S2. The van der Waals surface area contributed by atoms with Crippen LogP contribution in [0.5, 0.6) is 0 Å². The van der Waals surface area contributed by atoms with Gasteiger partial charge < -0.3 is 5.73 Å². The smallest absolute Gasteiger partial charge is 0.271 e. The fraction of sp³-hybridized carbons (Fsp3) is 0.231. The minimum Gasteiger partial charge on any atom is -0.330 e. The van der Waals surface area contributed by atoms with Gasteiger partial charge in [-0.05, 0) is 44.2 Å². The molecule has 0 saturated heterocycles. The highest BCUT2D eigenvalue weighted by Crippen LogP contribution is 2.24. The summed E-state index contributed by atoms with van der Waals surface area (Å²) in [5.74, 6) is 0. The largest absolute Gasteiger partial charge is 0.330 e. The molecule has 0 saturated carbocycles. The number of thiophene rings is 1. The summed E-state index contributed by atoms with van der Waals surface area (Å²) in [6.07, 6.45) is 0.699. The van der Waals surface area contributed by atoms with Crippen LogP contribution in [0, 0.1) is 6.92 Å². The maximum atomic E-state index is 12.2. The van der Waals surface area contributed by atoms with Crippen molar-refractivity contribution in [3.05, 3.63) is 46.8 Å². The lowest BCUT2D eigenvalue weighted by atomic mass is 10.2.